The van der Waals surface area contributed by atoms with Gasteiger partial charge in [-0.1, -0.05) is 12.1 Å². The third-order valence-corrected chi connectivity index (χ3v) is 4.11. The van der Waals surface area contributed by atoms with Crippen molar-refractivity contribution in [2.75, 3.05) is 13.1 Å². The Morgan fingerprint density at radius 1 is 1.32 bits per heavy atom. The Kier molecular flexibility index (Phi) is 3.71. The van der Waals surface area contributed by atoms with Crippen LogP contribution in [-0.4, -0.2) is 47.1 Å². The van der Waals surface area contributed by atoms with Crippen LogP contribution in [-0.2, 0) is 9.53 Å². The molecule has 3 N–H and O–H groups in total. The highest BCUT2D eigenvalue weighted by Crippen LogP contribution is 2.47. The molecule has 2 fully saturated rings. The van der Waals surface area contributed by atoms with Gasteiger partial charge in [0.05, 0.1) is 12.2 Å². The number of carbonyl (C=O) groups excluding carboxylic acids is 1. The molecule has 0 aromatic heterocycles. The van der Waals surface area contributed by atoms with E-state index < -0.39 is 5.41 Å². The molecular formula is C13H23N3O3. The molecule has 1 amide bonds. The van der Waals surface area contributed by atoms with Crippen LogP contribution in [0.3, 0.4) is 0 Å². The van der Waals surface area contributed by atoms with E-state index in [1.165, 1.54) is 0 Å². The number of hydrogen-bond acceptors (Lipinski definition) is 4. The Bertz CT molecular complexity index is 381. The van der Waals surface area contributed by atoms with Gasteiger partial charge in [0.15, 0.2) is 5.84 Å². The smallest absolute Gasteiger partial charge is 0.236 e. The fraction of sp³-hybridized carbons (Fsp3) is 0.846. The summed E-state index contributed by atoms with van der Waals surface area (Å²) in [4.78, 5) is 14.5. The van der Waals surface area contributed by atoms with Gasteiger partial charge in [0, 0.05) is 13.1 Å². The summed E-state index contributed by atoms with van der Waals surface area (Å²) in [6, 6.07) is 0. The number of nitrogens with two attached hydrogens (primary N) is 1. The first kappa shape index (κ1) is 14.1. The number of nitrogens with zero attached hydrogens (tertiary/aromatic N) is 2. The van der Waals surface area contributed by atoms with Gasteiger partial charge in [-0.15, -0.1) is 0 Å². The zero-order valence-corrected chi connectivity index (χ0v) is 11.8. The standard InChI is InChI=1S/C13H23N3O3/c1-8-4-13(5-8,11(14)15-18)12(17)16-6-9(2)19-10(3)7-16/h8-10,18H,4-7H2,1-3H3,(H2,14,15)/t8?,9-,10+,13?. The van der Waals surface area contributed by atoms with Crippen molar-refractivity contribution < 1.29 is 14.7 Å². The van der Waals surface area contributed by atoms with E-state index in [4.69, 9.17) is 15.7 Å². The van der Waals surface area contributed by atoms with Crippen LogP contribution in [0.4, 0.5) is 0 Å². The lowest BCUT2D eigenvalue weighted by molar-refractivity contribution is -0.155. The SMILES string of the molecule is CC1CC(C(=O)N2C[C@@H](C)O[C@@H](C)C2)(C(N)=NO)C1. The molecule has 0 aromatic carbocycles. The zero-order valence-electron chi connectivity index (χ0n) is 11.8. The molecule has 1 saturated carbocycles. The summed E-state index contributed by atoms with van der Waals surface area (Å²) in [5, 5.41) is 12.0. The molecule has 2 rings (SSSR count). The number of amides is 1. The van der Waals surface area contributed by atoms with E-state index in [2.05, 4.69) is 12.1 Å². The van der Waals surface area contributed by atoms with Gasteiger partial charge in [-0.2, -0.15) is 0 Å². The maximum atomic E-state index is 12.7. The van der Waals surface area contributed by atoms with Crippen molar-refractivity contribution in [3.8, 4) is 0 Å². The van der Waals surface area contributed by atoms with Crippen LogP contribution in [0.25, 0.3) is 0 Å². The fourth-order valence-electron chi connectivity index (χ4n) is 3.37. The number of ether oxygens (including phenoxy) is 1. The number of rotatable bonds is 2. The van der Waals surface area contributed by atoms with Crippen molar-refractivity contribution in [2.24, 2.45) is 22.2 Å². The molecule has 0 aromatic rings. The van der Waals surface area contributed by atoms with Crippen molar-refractivity contribution in [1.29, 1.82) is 0 Å². The van der Waals surface area contributed by atoms with Gasteiger partial charge in [-0.25, -0.2) is 0 Å². The van der Waals surface area contributed by atoms with Crippen molar-refractivity contribution in [3.63, 3.8) is 0 Å². The fourth-order valence-corrected chi connectivity index (χ4v) is 3.37. The number of oxime groups is 1. The average molecular weight is 269 g/mol. The van der Waals surface area contributed by atoms with E-state index in [0.717, 1.165) is 0 Å². The van der Waals surface area contributed by atoms with E-state index in [1.54, 1.807) is 4.90 Å². The molecule has 1 aliphatic carbocycles. The predicted molar refractivity (Wildman–Crippen MR) is 70.8 cm³/mol. The topological polar surface area (TPSA) is 88.2 Å². The summed E-state index contributed by atoms with van der Waals surface area (Å²) in [7, 11) is 0. The van der Waals surface area contributed by atoms with Gasteiger partial charge in [0.2, 0.25) is 5.91 Å². The second-order valence-corrected chi connectivity index (χ2v) is 6.05. The number of amidine groups is 1. The lowest BCUT2D eigenvalue weighted by Gasteiger charge is -2.48. The van der Waals surface area contributed by atoms with Crippen molar-refractivity contribution >= 4 is 11.7 Å². The largest absolute Gasteiger partial charge is 0.409 e. The quantitative estimate of drug-likeness (QED) is 0.336. The van der Waals surface area contributed by atoms with Crippen LogP contribution in [0, 0.1) is 11.3 Å². The van der Waals surface area contributed by atoms with E-state index in [-0.39, 0.29) is 24.0 Å². The van der Waals surface area contributed by atoms with Crippen molar-refractivity contribution in [2.45, 2.75) is 45.8 Å². The van der Waals surface area contributed by atoms with Crippen LogP contribution in [0.2, 0.25) is 0 Å². The molecule has 2 atom stereocenters. The Labute approximate surface area is 113 Å². The normalized spacial score (nSPS) is 39.8. The Morgan fingerprint density at radius 3 is 2.26 bits per heavy atom. The van der Waals surface area contributed by atoms with E-state index in [9.17, 15) is 4.79 Å². The van der Waals surface area contributed by atoms with E-state index >= 15 is 0 Å². The predicted octanol–water partition coefficient (Wildman–Crippen LogP) is 0.785. The second-order valence-electron chi connectivity index (χ2n) is 6.05. The lowest BCUT2D eigenvalue weighted by Crippen LogP contribution is -2.61. The van der Waals surface area contributed by atoms with Crippen molar-refractivity contribution in [1.82, 2.24) is 4.90 Å². The van der Waals surface area contributed by atoms with Gasteiger partial charge < -0.3 is 20.6 Å². The Hall–Kier alpha value is -1.30. The van der Waals surface area contributed by atoms with Crippen LogP contribution < -0.4 is 5.73 Å². The minimum absolute atomic E-state index is 0.0227. The van der Waals surface area contributed by atoms with E-state index in [1.807, 2.05) is 13.8 Å². The Morgan fingerprint density at radius 2 is 1.84 bits per heavy atom. The third-order valence-electron chi connectivity index (χ3n) is 4.11. The first-order valence-electron chi connectivity index (χ1n) is 6.82. The molecule has 1 aliphatic heterocycles. The Balaban J connectivity index is 2.17. The highest BCUT2D eigenvalue weighted by atomic mass is 16.5. The summed E-state index contributed by atoms with van der Waals surface area (Å²) in [6.45, 7) is 7.11. The van der Waals surface area contributed by atoms with Gasteiger partial charge in [-0.05, 0) is 32.6 Å². The van der Waals surface area contributed by atoms with Crippen LogP contribution >= 0.6 is 0 Å². The molecule has 2 aliphatic rings. The van der Waals surface area contributed by atoms with Crippen LogP contribution in [0.15, 0.2) is 5.16 Å². The number of hydrogen-bond donors (Lipinski definition) is 2. The van der Waals surface area contributed by atoms with Gasteiger partial charge in [-0.3, -0.25) is 4.79 Å². The second kappa shape index (κ2) is 5.00. The van der Waals surface area contributed by atoms with E-state index in [0.29, 0.717) is 31.8 Å². The maximum absolute atomic E-state index is 12.7. The molecule has 6 nitrogen and oxygen atoms in total. The summed E-state index contributed by atoms with van der Waals surface area (Å²) < 4.78 is 5.63. The summed E-state index contributed by atoms with van der Waals surface area (Å²) in [6.07, 6.45) is 1.35. The number of carbonyl (C=O) groups is 1. The van der Waals surface area contributed by atoms with Gasteiger partial charge in [0.1, 0.15) is 5.41 Å². The van der Waals surface area contributed by atoms with Crippen LogP contribution in [0.1, 0.15) is 33.6 Å². The maximum Gasteiger partial charge on any atom is 0.236 e. The summed E-state index contributed by atoms with van der Waals surface area (Å²) >= 11 is 0. The first-order valence-corrected chi connectivity index (χ1v) is 6.82. The number of morpholine rings is 1. The lowest BCUT2D eigenvalue weighted by atomic mass is 9.61. The average Bonchev–Trinajstić information content (AvgIpc) is 2.31. The molecule has 0 spiro atoms. The molecule has 19 heavy (non-hydrogen) atoms. The van der Waals surface area contributed by atoms with Crippen molar-refractivity contribution in [3.05, 3.63) is 0 Å². The highest BCUT2D eigenvalue weighted by molar-refractivity contribution is 6.07. The van der Waals surface area contributed by atoms with Gasteiger partial charge in [0.25, 0.3) is 0 Å². The minimum atomic E-state index is -0.801. The van der Waals surface area contributed by atoms with Crippen LogP contribution in [0.5, 0.6) is 0 Å². The molecule has 6 heteroatoms. The molecule has 1 heterocycles. The molecule has 1 saturated heterocycles. The first-order chi connectivity index (χ1) is 8.89. The third kappa shape index (κ3) is 2.41. The minimum Gasteiger partial charge on any atom is -0.409 e. The molecular weight excluding hydrogens is 246 g/mol. The zero-order chi connectivity index (χ0) is 14.2. The highest BCUT2D eigenvalue weighted by Gasteiger charge is 2.54. The molecule has 108 valence electrons. The monoisotopic (exact) mass is 269 g/mol. The van der Waals surface area contributed by atoms with Gasteiger partial charge >= 0.3 is 0 Å². The summed E-state index contributed by atoms with van der Waals surface area (Å²) in [5.74, 6) is 0.449. The molecule has 0 radical (unpaired) electrons. The molecule has 0 bridgehead atoms. The molecule has 0 unspecified atom stereocenters. The summed E-state index contributed by atoms with van der Waals surface area (Å²) in [5.41, 5.74) is 4.97.